The molecule has 2 heterocycles. The molecule has 1 aliphatic rings. The molecule has 5 heteroatoms. The number of amides is 1. The molecule has 0 spiro atoms. The van der Waals surface area contributed by atoms with Crippen molar-refractivity contribution < 1.29 is 4.79 Å². The van der Waals surface area contributed by atoms with Gasteiger partial charge in [-0.3, -0.25) is 4.79 Å². The van der Waals surface area contributed by atoms with Crippen LogP contribution in [0.25, 0.3) is 0 Å². The number of aromatic nitrogens is 1. The lowest BCUT2D eigenvalue weighted by atomic mass is 10.1. The van der Waals surface area contributed by atoms with Crippen LogP contribution in [0.15, 0.2) is 47.7 Å². The highest BCUT2D eigenvalue weighted by molar-refractivity contribution is 6.31. The molecule has 0 saturated heterocycles. The summed E-state index contributed by atoms with van der Waals surface area (Å²) < 4.78 is 1.86. The lowest BCUT2D eigenvalue weighted by molar-refractivity contribution is -0.121. The highest BCUT2D eigenvalue weighted by Gasteiger charge is 2.17. The minimum atomic E-state index is -0.135. The van der Waals surface area contributed by atoms with Gasteiger partial charge in [-0.1, -0.05) is 23.7 Å². The summed E-state index contributed by atoms with van der Waals surface area (Å²) in [5, 5.41) is 4.81. The van der Waals surface area contributed by atoms with E-state index in [0.29, 0.717) is 10.7 Å². The number of benzene rings is 1. The molecule has 0 radical (unpaired) electrons. The van der Waals surface area contributed by atoms with Gasteiger partial charge in [0, 0.05) is 16.8 Å². The van der Waals surface area contributed by atoms with Crippen LogP contribution in [-0.4, -0.2) is 16.2 Å². The molecule has 0 fully saturated rings. The van der Waals surface area contributed by atoms with Crippen molar-refractivity contribution in [2.45, 2.75) is 6.54 Å². The van der Waals surface area contributed by atoms with Crippen molar-refractivity contribution in [2.24, 2.45) is 5.10 Å². The smallest absolute Gasteiger partial charge is 0.260 e. The van der Waals surface area contributed by atoms with Crippen LogP contribution in [-0.2, 0) is 11.3 Å². The third-order valence-electron chi connectivity index (χ3n) is 2.78. The minimum absolute atomic E-state index is 0.135. The van der Waals surface area contributed by atoms with Gasteiger partial charge in [0.05, 0.1) is 5.69 Å². The van der Waals surface area contributed by atoms with Crippen molar-refractivity contribution in [3.63, 3.8) is 0 Å². The van der Waals surface area contributed by atoms with E-state index in [1.54, 1.807) is 6.07 Å². The number of carbonyl (C=O) groups is 1. The van der Waals surface area contributed by atoms with E-state index in [4.69, 9.17) is 11.6 Å². The SMILES string of the molecule is O=C1Cn2cccc2C(c2cccc(Cl)c2)=NN1. The second kappa shape index (κ2) is 4.31. The van der Waals surface area contributed by atoms with Crippen molar-refractivity contribution in [1.29, 1.82) is 0 Å². The monoisotopic (exact) mass is 259 g/mol. The van der Waals surface area contributed by atoms with E-state index in [0.717, 1.165) is 11.3 Å². The van der Waals surface area contributed by atoms with Gasteiger partial charge in [0.2, 0.25) is 0 Å². The number of hydrogen-bond acceptors (Lipinski definition) is 2. The van der Waals surface area contributed by atoms with Gasteiger partial charge in [0.15, 0.2) is 0 Å². The molecule has 4 nitrogen and oxygen atoms in total. The molecule has 2 aromatic rings. The van der Waals surface area contributed by atoms with Gasteiger partial charge in [-0.2, -0.15) is 5.10 Å². The quantitative estimate of drug-likeness (QED) is 0.837. The number of fused-ring (bicyclic) bond motifs is 1. The number of halogens is 1. The zero-order valence-corrected chi connectivity index (χ0v) is 10.2. The first kappa shape index (κ1) is 11.0. The lowest BCUT2D eigenvalue weighted by Crippen LogP contribution is -2.20. The fourth-order valence-corrected chi connectivity index (χ4v) is 2.17. The molecule has 18 heavy (non-hydrogen) atoms. The van der Waals surface area contributed by atoms with Crippen LogP contribution < -0.4 is 5.43 Å². The maximum absolute atomic E-state index is 11.5. The molecule has 0 atom stereocenters. The van der Waals surface area contributed by atoms with Gasteiger partial charge in [-0.05, 0) is 24.3 Å². The Bertz CT molecular complexity index is 645. The van der Waals surface area contributed by atoms with Crippen LogP contribution >= 0.6 is 11.6 Å². The Morgan fingerprint density at radius 3 is 3.00 bits per heavy atom. The van der Waals surface area contributed by atoms with Crippen LogP contribution in [0, 0.1) is 0 Å². The largest absolute Gasteiger partial charge is 0.337 e. The van der Waals surface area contributed by atoms with E-state index in [2.05, 4.69) is 10.5 Å². The van der Waals surface area contributed by atoms with E-state index in [-0.39, 0.29) is 12.5 Å². The Balaban J connectivity index is 2.15. The summed E-state index contributed by atoms with van der Waals surface area (Å²) in [5.41, 5.74) is 5.02. The zero-order valence-electron chi connectivity index (χ0n) is 9.43. The Kier molecular flexibility index (Phi) is 2.64. The van der Waals surface area contributed by atoms with Gasteiger partial charge in [0.1, 0.15) is 12.3 Å². The topological polar surface area (TPSA) is 46.4 Å². The van der Waals surface area contributed by atoms with Crippen molar-refractivity contribution >= 4 is 23.2 Å². The first-order valence-electron chi connectivity index (χ1n) is 5.52. The lowest BCUT2D eigenvalue weighted by Gasteiger charge is -2.06. The first-order valence-corrected chi connectivity index (χ1v) is 5.90. The predicted octanol–water partition coefficient (Wildman–Crippen LogP) is 2.02. The molecule has 1 aromatic heterocycles. The third kappa shape index (κ3) is 1.91. The molecule has 0 bridgehead atoms. The summed E-state index contributed by atoms with van der Waals surface area (Å²) in [7, 11) is 0. The fraction of sp³-hybridized carbons (Fsp3) is 0.0769. The minimum Gasteiger partial charge on any atom is -0.337 e. The number of carbonyl (C=O) groups excluding carboxylic acids is 1. The molecule has 1 amide bonds. The average molecular weight is 260 g/mol. The van der Waals surface area contributed by atoms with Crippen molar-refractivity contribution in [1.82, 2.24) is 9.99 Å². The maximum Gasteiger partial charge on any atom is 0.260 e. The molecule has 0 aliphatic carbocycles. The maximum atomic E-state index is 11.5. The molecule has 3 rings (SSSR count). The number of hydrogen-bond donors (Lipinski definition) is 1. The number of hydrazone groups is 1. The van der Waals surface area contributed by atoms with Crippen LogP contribution in [0.4, 0.5) is 0 Å². The molecular formula is C13H10ClN3O. The van der Waals surface area contributed by atoms with E-state index < -0.39 is 0 Å². The molecule has 90 valence electrons. The highest BCUT2D eigenvalue weighted by Crippen LogP contribution is 2.17. The Labute approximate surface area is 109 Å². The molecule has 1 aliphatic heterocycles. The molecule has 0 unspecified atom stereocenters. The summed E-state index contributed by atoms with van der Waals surface area (Å²) in [6.45, 7) is 0.274. The summed E-state index contributed by atoms with van der Waals surface area (Å²) in [4.78, 5) is 11.5. The standard InChI is InChI=1S/C13H10ClN3O/c14-10-4-1-3-9(7-10)13-11-5-2-6-17(11)8-12(18)15-16-13/h1-7H,8H2,(H,15,18). The van der Waals surface area contributed by atoms with Crippen molar-refractivity contribution in [3.8, 4) is 0 Å². The van der Waals surface area contributed by atoms with Crippen molar-refractivity contribution in [3.05, 3.63) is 58.9 Å². The van der Waals surface area contributed by atoms with Crippen molar-refractivity contribution in [2.75, 3.05) is 0 Å². The summed E-state index contributed by atoms with van der Waals surface area (Å²) in [6.07, 6.45) is 1.86. The summed E-state index contributed by atoms with van der Waals surface area (Å²) in [6, 6.07) is 11.2. The van der Waals surface area contributed by atoms with Gasteiger partial charge in [-0.25, -0.2) is 5.43 Å². The normalized spacial score (nSPS) is 14.5. The van der Waals surface area contributed by atoms with Crippen LogP contribution in [0.2, 0.25) is 5.02 Å². The molecular weight excluding hydrogens is 250 g/mol. The Hall–Kier alpha value is -2.07. The molecule has 1 aromatic carbocycles. The molecule has 1 N–H and O–H groups in total. The predicted molar refractivity (Wildman–Crippen MR) is 69.7 cm³/mol. The van der Waals surface area contributed by atoms with Gasteiger partial charge >= 0.3 is 0 Å². The Morgan fingerprint density at radius 1 is 1.28 bits per heavy atom. The Morgan fingerprint density at radius 2 is 2.17 bits per heavy atom. The molecule has 0 saturated carbocycles. The number of nitrogens with one attached hydrogen (secondary N) is 1. The second-order valence-electron chi connectivity index (χ2n) is 4.03. The van der Waals surface area contributed by atoms with Gasteiger partial charge < -0.3 is 4.57 Å². The van der Waals surface area contributed by atoms with E-state index in [9.17, 15) is 4.79 Å². The van der Waals surface area contributed by atoms with Crippen LogP contribution in [0.1, 0.15) is 11.3 Å². The highest BCUT2D eigenvalue weighted by atomic mass is 35.5. The fourth-order valence-electron chi connectivity index (χ4n) is 1.98. The van der Waals surface area contributed by atoms with E-state index in [1.165, 1.54) is 0 Å². The van der Waals surface area contributed by atoms with E-state index in [1.807, 2.05) is 41.1 Å². The summed E-state index contributed by atoms with van der Waals surface area (Å²) in [5.74, 6) is -0.135. The zero-order chi connectivity index (χ0) is 12.5. The number of nitrogens with zero attached hydrogens (tertiary/aromatic N) is 2. The number of rotatable bonds is 1. The van der Waals surface area contributed by atoms with Gasteiger partial charge in [0.25, 0.3) is 5.91 Å². The van der Waals surface area contributed by atoms with Crippen LogP contribution in [0.3, 0.4) is 0 Å². The summed E-state index contributed by atoms with van der Waals surface area (Å²) >= 11 is 5.99. The second-order valence-corrected chi connectivity index (χ2v) is 4.46. The van der Waals surface area contributed by atoms with Gasteiger partial charge in [-0.15, -0.1) is 0 Å². The third-order valence-corrected chi connectivity index (χ3v) is 3.01. The van der Waals surface area contributed by atoms with Crippen LogP contribution in [0.5, 0.6) is 0 Å². The first-order chi connectivity index (χ1) is 8.74. The van der Waals surface area contributed by atoms with E-state index >= 15 is 0 Å². The average Bonchev–Trinajstić information content (AvgIpc) is 2.72.